The standard InChI is InChI=1S/C19H14Cl2N2O3S/c20-13-6-4-11(5-7-13)17(19(25)26)23-16(24)9-15-10-27-18(22-15)12-2-1-3-14(21)8-12/h1-8,10,17H,9H2,(H,23,24)(H,25,26). The van der Waals surface area contributed by atoms with E-state index in [1.807, 2.05) is 12.1 Å². The molecule has 1 amide bonds. The zero-order valence-electron chi connectivity index (χ0n) is 13.9. The number of hydrogen-bond acceptors (Lipinski definition) is 4. The molecular formula is C19H14Cl2N2O3S. The first-order valence-electron chi connectivity index (χ1n) is 7.90. The average Bonchev–Trinajstić information content (AvgIpc) is 3.09. The van der Waals surface area contributed by atoms with Crippen LogP contribution in [0, 0.1) is 0 Å². The van der Waals surface area contributed by atoms with Gasteiger partial charge in [0.2, 0.25) is 5.91 Å². The molecular weight excluding hydrogens is 407 g/mol. The fraction of sp³-hybridized carbons (Fsp3) is 0.105. The van der Waals surface area contributed by atoms with Crippen LogP contribution < -0.4 is 5.32 Å². The minimum Gasteiger partial charge on any atom is -0.479 e. The van der Waals surface area contributed by atoms with E-state index in [0.717, 1.165) is 10.6 Å². The van der Waals surface area contributed by atoms with Gasteiger partial charge in [0, 0.05) is 21.0 Å². The Bertz CT molecular complexity index is 973. The highest BCUT2D eigenvalue weighted by atomic mass is 35.5. The molecule has 0 saturated heterocycles. The first-order chi connectivity index (χ1) is 12.9. The van der Waals surface area contributed by atoms with Gasteiger partial charge in [-0.2, -0.15) is 0 Å². The summed E-state index contributed by atoms with van der Waals surface area (Å²) in [6.07, 6.45) is -0.0194. The number of aromatic nitrogens is 1. The van der Waals surface area contributed by atoms with E-state index < -0.39 is 17.9 Å². The molecule has 1 atom stereocenters. The summed E-state index contributed by atoms with van der Waals surface area (Å²) in [7, 11) is 0. The summed E-state index contributed by atoms with van der Waals surface area (Å²) in [5, 5.41) is 15.5. The van der Waals surface area contributed by atoms with E-state index in [9.17, 15) is 14.7 Å². The van der Waals surface area contributed by atoms with E-state index in [-0.39, 0.29) is 6.42 Å². The summed E-state index contributed by atoms with van der Waals surface area (Å²) in [5.74, 6) is -1.58. The Morgan fingerprint density at radius 2 is 1.85 bits per heavy atom. The zero-order chi connectivity index (χ0) is 19.4. The van der Waals surface area contributed by atoms with Crippen molar-refractivity contribution in [1.29, 1.82) is 0 Å². The van der Waals surface area contributed by atoms with Crippen molar-refractivity contribution in [2.45, 2.75) is 12.5 Å². The van der Waals surface area contributed by atoms with Crippen LogP contribution >= 0.6 is 34.5 Å². The quantitative estimate of drug-likeness (QED) is 0.610. The number of carbonyl (C=O) groups excluding carboxylic acids is 1. The molecule has 1 aromatic heterocycles. The molecule has 2 N–H and O–H groups in total. The normalized spacial score (nSPS) is 11.8. The van der Waals surface area contributed by atoms with Crippen molar-refractivity contribution >= 4 is 46.4 Å². The second kappa shape index (κ2) is 8.52. The van der Waals surface area contributed by atoms with Crippen molar-refractivity contribution in [3.8, 4) is 10.6 Å². The number of carbonyl (C=O) groups is 2. The summed E-state index contributed by atoms with van der Waals surface area (Å²) in [6.45, 7) is 0. The largest absolute Gasteiger partial charge is 0.479 e. The van der Waals surface area contributed by atoms with E-state index in [4.69, 9.17) is 23.2 Å². The van der Waals surface area contributed by atoms with Gasteiger partial charge in [0.15, 0.2) is 6.04 Å². The minimum atomic E-state index is -1.15. The molecule has 138 valence electrons. The topological polar surface area (TPSA) is 79.3 Å². The number of carboxylic acid groups (broad SMARTS) is 1. The van der Waals surface area contributed by atoms with Gasteiger partial charge in [0.1, 0.15) is 5.01 Å². The van der Waals surface area contributed by atoms with Crippen molar-refractivity contribution in [3.05, 3.63) is 75.2 Å². The van der Waals surface area contributed by atoms with Gasteiger partial charge in [0.25, 0.3) is 0 Å². The van der Waals surface area contributed by atoms with Crippen LogP contribution in [0.25, 0.3) is 10.6 Å². The molecule has 0 aliphatic rings. The molecule has 3 aromatic rings. The first-order valence-corrected chi connectivity index (χ1v) is 9.54. The Labute approximate surface area is 169 Å². The number of nitrogens with zero attached hydrogens (tertiary/aromatic N) is 1. The molecule has 0 saturated carbocycles. The van der Waals surface area contributed by atoms with Crippen LogP contribution in [-0.4, -0.2) is 22.0 Å². The summed E-state index contributed by atoms with van der Waals surface area (Å²) in [6, 6.07) is 12.4. The molecule has 3 rings (SSSR count). The summed E-state index contributed by atoms with van der Waals surface area (Å²) in [5.41, 5.74) is 1.87. The SMILES string of the molecule is O=C(Cc1csc(-c2cccc(Cl)c2)n1)NC(C(=O)O)c1ccc(Cl)cc1. The van der Waals surface area contributed by atoms with Crippen molar-refractivity contribution in [2.24, 2.45) is 0 Å². The summed E-state index contributed by atoms with van der Waals surface area (Å²) < 4.78 is 0. The lowest BCUT2D eigenvalue weighted by Gasteiger charge is -2.14. The lowest BCUT2D eigenvalue weighted by Crippen LogP contribution is -2.34. The van der Waals surface area contributed by atoms with Crippen LogP contribution in [-0.2, 0) is 16.0 Å². The van der Waals surface area contributed by atoms with E-state index >= 15 is 0 Å². The van der Waals surface area contributed by atoms with Crippen LogP contribution in [0.1, 0.15) is 17.3 Å². The highest BCUT2D eigenvalue weighted by Crippen LogP contribution is 2.26. The molecule has 2 aromatic carbocycles. The van der Waals surface area contributed by atoms with Crippen LogP contribution in [0.4, 0.5) is 0 Å². The van der Waals surface area contributed by atoms with Gasteiger partial charge in [-0.3, -0.25) is 4.79 Å². The number of carboxylic acids is 1. The van der Waals surface area contributed by atoms with Gasteiger partial charge >= 0.3 is 5.97 Å². The van der Waals surface area contributed by atoms with Crippen molar-refractivity contribution in [1.82, 2.24) is 10.3 Å². The number of thiazole rings is 1. The van der Waals surface area contributed by atoms with Crippen LogP contribution in [0.15, 0.2) is 53.9 Å². The van der Waals surface area contributed by atoms with E-state index in [1.165, 1.54) is 11.3 Å². The molecule has 1 unspecified atom stereocenters. The van der Waals surface area contributed by atoms with Gasteiger partial charge in [0.05, 0.1) is 12.1 Å². The molecule has 0 radical (unpaired) electrons. The molecule has 0 aliphatic carbocycles. The highest BCUT2D eigenvalue weighted by molar-refractivity contribution is 7.13. The predicted octanol–water partition coefficient (Wildman–Crippen LogP) is 4.60. The van der Waals surface area contributed by atoms with Crippen LogP contribution in [0.2, 0.25) is 10.0 Å². The van der Waals surface area contributed by atoms with Crippen molar-refractivity contribution < 1.29 is 14.7 Å². The molecule has 0 bridgehead atoms. The second-order valence-corrected chi connectivity index (χ2v) is 7.45. The second-order valence-electron chi connectivity index (χ2n) is 5.72. The van der Waals surface area contributed by atoms with E-state index in [2.05, 4.69) is 10.3 Å². The number of hydrogen-bond donors (Lipinski definition) is 2. The Morgan fingerprint density at radius 1 is 1.11 bits per heavy atom. The lowest BCUT2D eigenvalue weighted by atomic mass is 10.1. The molecule has 1 heterocycles. The van der Waals surface area contributed by atoms with Gasteiger partial charge in [-0.25, -0.2) is 9.78 Å². The third-order valence-corrected chi connectivity index (χ3v) is 5.15. The first kappa shape index (κ1) is 19.4. The fourth-order valence-electron chi connectivity index (χ4n) is 2.46. The molecule has 8 heteroatoms. The molecule has 0 fully saturated rings. The molecule has 0 spiro atoms. The number of rotatable bonds is 6. The fourth-order valence-corrected chi connectivity index (χ4v) is 3.59. The highest BCUT2D eigenvalue weighted by Gasteiger charge is 2.22. The number of aliphatic carboxylic acids is 1. The Balaban J connectivity index is 1.69. The van der Waals surface area contributed by atoms with E-state index in [0.29, 0.717) is 21.3 Å². The van der Waals surface area contributed by atoms with Gasteiger partial charge in [-0.05, 0) is 29.8 Å². The Morgan fingerprint density at radius 3 is 2.52 bits per heavy atom. The monoisotopic (exact) mass is 420 g/mol. The van der Waals surface area contributed by atoms with Crippen LogP contribution in [0.3, 0.4) is 0 Å². The maximum atomic E-state index is 12.3. The third kappa shape index (κ3) is 5.07. The Hall–Kier alpha value is -2.41. The van der Waals surface area contributed by atoms with Crippen molar-refractivity contribution in [2.75, 3.05) is 0 Å². The number of benzene rings is 2. The molecule has 5 nitrogen and oxygen atoms in total. The smallest absolute Gasteiger partial charge is 0.330 e. The molecule has 27 heavy (non-hydrogen) atoms. The van der Waals surface area contributed by atoms with Crippen LogP contribution in [0.5, 0.6) is 0 Å². The van der Waals surface area contributed by atoms with Gasteiger partial charge < -0.3 is 10.4 Å². The number of amides is 1. The van der Waals surface area contributed by atoms with E-state index in [1.54, 1.807) is 41.8 Å². The average molecular weight is 421 g/mol. The number of halogens is 2. The van der Waals surface area contributed by atoms with Gasteiger partial charge in [-0.15, -0.1) is 11.3 Å². The predicted molar refractivity (Wildman–Crippen MR) is 106 cm³/mol. The molecule has 0 aliphatic heterocycles. The number of nitrogens with one attached hydrogen (secondary N) is 1. The zero-order valence-corrected chi connectivity index (χ0v) is 16.2. The third-order valence-electron chi connectivity index (χ3n) is 3.72. The summed E-state index contributed by atoms with van der Waals surface area (Å²) >= 11 is 13.2. The summed E-state index contributed by atoms with van der Waals surface area (Å²) in [4.78, 5) is 28.3. The maximum absolute atomic E-state index is 12.3. The minimum absolute atomic E-state index is 0.0194. The lowest BCUT2D eigenvalue weighted by molar-refractivity contribution is -0.142. The van der Waals surface area contributed by atoms with Crippen molar-refractivity contribution in [3.63, 3.8) is 0 Å². The van der Waals surface area contributed by atoms with Gasteiger partial charge in [-0.1, -0.05) is 47.5 Å². The maximum Gasteiger partial charge on any atom is 0.330 e. The Kier molecular flexibility index (Phi) is 6.11.